The molecule has 0 spiro atoms. The number of rotatable bonds is 6. The highest BCUT2D eigenvalue weighted by Crippen LogP contribution is 2.08. The molecule has 0 aliphatic rings. The number of carbonyl (C=O) groups is 3. The Hall–Kier alpha value is -2.44. The number of carbonyl (C=O) groups excluding carboxylic acids is 1. The Morgan fingerprint density at radius 3 is 2.40 bits per heavy atom. The summed E-state index contributed by atoms with van der Waals surface area (Å²) in [7, 11) is 0. The van der Waals surface area contributed by atoms with E-state index in [4.69, 9.17) is 10.2 Å². The number of nitrogens with zero attached hydrogens (tertiary/aromatic N) is 1. The van der Waals surface area contributed by atoms with Crippen LogP contribution in [0.2, 0.25) is 0 Å². The average Bonchev–Trinajstić information content (AvgIpc) is 2.33. The molecule has 3 N–H and O–H groups in total. The molecule has 1 unspecified atom stereocenters. The van der Waals surface area contributed by atoms with Gasteiger partial charge in [0.05, 0.1) is 11.3 Å². The van der Waals surface area contributed by atoms with E-state index in [1.807, 2.05) is 0 Å². The van der Waals surface area contributed by atoms with Crippen LogP contribution in [-0.4, -0.2) is 39.1 Å². The molecule has 0 saturated heterocycles. The molecule has 0 aliphatic carbocycles. The molecular weight excluding hydrogens is 264 g/mol. The fourth-order valence-corrected chi connectivity index (χ4v) is 1.69. The second-order valence-electron chi connectivity index (χ2n) is 4.38. The quantitative estimate of drug-likeness (QED) is 0.707. The van der Waals surface area contributed by atoms with Crippen molar-refractivity contribution in [3.8, 4) is 0 Å². The van der Waals surface area contributed by atoms with Crippen molar-refractivity contribution < 1.29 is 24.6 Å². The molecule has 108 valence electrons. The van der Waals surface area contributed by atoms with E-state index < -0.39 is 23.9 Å². The van der Waals surface area contributed by atoms with Gasteiger partial charge in [-0.25, -0.2) is 4.79 Å². The van der Waals surface area contributed by atoms with Gasteiger partial charge in [-0.2, -0.15) is 0 Å². The third-order valence-corrected chi connectivity index (χ3v) is 2.72. The zero-order valence-corrected chi connectivity index (χ0v) is 11.2. The van der Waals surface area contributed by atoms with Crippen LogP contribution in [0.1, 0.15) is 34.6 Å². The second-order valence-corrected chi connectivity index (χ2v) is 4.38. The van der Waals surface area contributed by atoms with Crippen molar-refractivity contribution in [3.63, 3.8) is 0 Å². The van der Waals surface area contributed by atoms with Gasteiger partial charge in [0, 0.05) is 12.1 Å². The third-order valence-electron chi connectivity index (χ3n) is 2.72. The maximum atomic E-state index is 12.0. The lowest BCUT2D eigenvalue weighted by Gasteiger charge is -2.14. The van der Waals surface area contributed by atoms with E-state index in [9.17, 15) is 14.4 Å². The van der Waals surface area contributed by atoms with E-state index in [2.05, 4.69) is 10.3 Å². The summed E-state index contributed by atoms with van der Waals surface area (Å²) in [4.78, 5) is 37.5. The van der Waals surface area contributed by atoms with Gasteiger partial charge in [0.15, 0.2) is 0 Å². The van der Waals surface area contributed by atoms with Crippen LogP contribution in [0.5, 0.6) is 0 Å². The molecule has 1 amide bonds. The monoisotopic (exact) mass is 280 g/mol. The Bertz CT molecular complexity index is 542. The molecule has 0 bridgehead atoms. The number of hydrogen-bond acceptors (Lipinski definition) is 4. The van der Waals surface area contributed by atoms with Gasteiger partial charge >= 0.3 is 11.9 Å². The number of amides is 1. The highest BCUT2D eigenvalue weighted by atomic mass is 16.4. The summed E-state index contributed by atoms with van der Waals surface area (Å²) < 4.78 is 0. The van der Waals surface area contributed by atoms with Gasteiger partial charge in [0.25, 0.3) is 5.91 Å². The molecule has 1 heterocycles. The van der Waals surface area contributed by atoms with Crippen LogP contribution < -0.4 is 5.32 Å². The number of carboxylic acid groups (broad SMARTS) is 2. The highest BCUT2D eigenvalue weighted by molar-refractivity contribution is 5.97. The van der Waals surface area contributed by atoms with Gasteiger partial charge in [0.2, 0.25) is 0 Å². The second kappa shape index (κ2) is 6.65. The van der Waals surface area contributed by atoms with Gasteiger partial charge < -0.3 is 15.5 Å². The lowest BCUT2D eigenvalue weighted by atomic mass is 10.1. The zero-order chi connectivity index (χ0) is 15.3. The van der Waals surface area contributed by atoms with Crippen LogP contribution >= 0.6 is 0 Å². The first-order valence-corrected chi connectivity index (χ1v) is 6.01. The van der Waals surface area contributed by atoms with E-state index in [-0.39, 0.29) is 18.4 Å². The van der Waals surface area contributed by atoms with Crippen LogP contribution in [0.4, 0.5) is 0 Å². The van der Waals surface area contributed by atoms with Crippen molar-refractivity contribution >= 4 is 17.8 Å². The van der Waals surface area contributed by atoms with E-state index >= 15 is 0 Å². The molecule has 0 fully saturated rings. The number of carboxylic acids is 2. The maximum Gasteiger partial charge on any atom is 0.326 e. The molecule has 1 rings (SSSR count). The first kappa shape index (κ1) is 15.6. The molecule has 1 aromatic rings. The van der Waals surface area contributed by atoms with E-state index in [1.54, 1.807) is 26.0 Å². The summed E-state index contributed by atoms with van der Waals surface area (Å²) >= 11 is 0. The smallest absolute Gasteiger partial charge is 0.326 e. The van der Waals surface area contributed by atoms with Crippen molar-refractivity contribution in [3.05, 3.63) is 29.1 Å². The Morgan fingerprint density at radius 2 is 1.90 bits per heavy atom. The van der Waals surface area contributed by atoms with Gasteiger partial charge in [-0.1, -0.05) is 0 Å². The summed E-state index contributed by atoms with van der Waals surface area (Å²) in [5.41, 5.74) is 1.52. The van der Waals surface area contributed by atoms with Crippen LogP contribution in [0.3, 0.4) is 0 Å². The summed E-state index contributed by atoms with van der Waals surface area (Å²) in [6.07, 6.45) is -0.503. The lowest BCUT2D eigenvalue weighted by Crippen LogP contribution is -2.41. The normalized spacial score (nSPS) is 11.7. The van der Waals surface area contributed by atoms with Crippen molar-refractivity contribution in [2.24, 2.45) is 0 Å². The minimum atomic E-state index is -1.27. The fraction of sp³-hybridized carbons (Fsp3) is 0.385. The molecule has 0 aliphatic heterocycles. The van der Waals surface area contributed by atoms with Gasteiger partial charge in [-0.3, -0.25) is 14.6 Å². The van der Waals surface area contributed by atoms with Crippen molar-refractivity contribution in [1.29, 1.82) is 0 Å². The largest absolute Gasteiger partial charge is 0.481 e. The zero-order valence-electron chi connectivity index (χ0n) is 11.2. The standard InChI is InChI=1S/C13H16N2O5/c1-7-3-4-9(8(2)14-7)12(18)15-10(13(19)20)5-6-11(16)17/h3-4,10H,5-6H2,1-2H3,(H,15,18)(H,16,17)(H,19,20). The van der Waals surface area contributed by atoms with Crippen LogP contribution in [0, 0.1) is 13.8 Å². The Kier molecular flexibility index (Phi) is 5.19. The molecule has 0 radical (unpaired) electrons. The minimum absolute atomic E-state index is 0.172. The van der Waals surface area contributed by atoms with E-state index in [0.717, 1.165) is 5.69 Å². The Balaban J connectivity index is 2.80. The SMILES string of the molecule is Cc1ccc(C(=O)NC(CCC(=O)O)C(=O)O)c(C)n1. The Morgan fingerprint density at radius 1 is 1.25 bits per heavy atom. The number of pyridine rings is 1. The average molecular weight is 280 g/mol. The minimum Gasteiger partial charge on any atom is -0.481 e. The van der Waals surface area contributed by atoms with Gasteiger partial charge in [-0.15, -0.1) is 0 Å². The summed E-state index contributed by atoms with van der Waals surface area (Å²) in [6.45, 7) is 3.43. The molecule has 7 nitrogen and oxygen atoms in total. The number of aryl methyl sites for hydroxylation is 2. The predicted octanol–water partition coefficient (Wildman–Crippen LogP) is 0.746. The van der Waals surface area contributed by atoms with Crippen LogP contribution in [0.25, 0.3) is 0 Å². The lowest BCUT2D eigenvalue weighted by molar-refractivity contribution is -0.140. The predicted molar refractivity (Wildman–Crippen MR) is 69.5 cm³/mol. The van der Waals surface area contributed by atoms with E-state index in [1.165, 1.54) is 0 Å². The Labute approximate surface area is 115 Å². The van der Waals surface area contributed by atoms with Gasteiger partial charge in [-0.05, 0) is 32.4 Å². The summed E-state index contributed by atoms with van der Waals surface area (Å²) in [6, 6.07) is 1.97. The van der Waals surface area contributed by atoms with Crippen LogP contribution in [-0.2, 0) is 9.59 Å². The van der Waals surface area contributed by atoms with Gasteiger partial charge in [0.1, 0.15) is 6.04 Å². The maximum absolute atomic E-state index is 12.0. The van der Waals surface area contributed by atoms with Crippen LogP contribution in [0.15, 0.2) is 12.1 Å². The van der Waals surface area contributed by atoms with E-state index in [0.29, 0.717) is 5.69 Å². The number of hydrogen-bond donors (Lipinski definition) is 3. The topological polar surface area (TPSA) is 117 Å². The first-order chi connectivity index (χ1) is 9.31. The van der Waals surface area contributed by atoms with Crippen molar-refractivity contribution in [1.82, 2.24) is 10.3 Å². The molecule has 7 heteroatoms. The van der Waals surface area contributed by atoms with Crippen molar-refractivity contribution in [2.45, 2.75) is 32.7 Å². The third kappa shape index (κ3) is 4.34. The fourth-order valence-electron chi connectivity index (χ4n) is 1.69. The first-order valence-electron chi connectivity index (χ1n) is 6.01. The molecule has 0 aromatic carbocycles. The highest BCUT2D eigenvalue weighted by Gasteiger charge is 2.22. The molecule has 1 atom stereocenters. The molecule has 0 saturated carbocycles. The number of aliphatic carboxylic acids is 2. The molecule has 20 heavy (non-hydrogen) atoms. The summed E-state index contributed by atoms with van der Waals surface area (Å²) in [5, 5.41) is 19.8. The van der Waals surface area contributed by atoms with Crippen molar-refractivity contribution in [2.75, 3.05) is 0 Å². The summed E-state index contributed by atoms with van der Waals surface area (Å²) in [5.74, 6) is -2.95. The number of nitrogens with one attached hydrogen (secondary N) is 1. The number of aromatic nitrogens is 1. The molecule has 1 aromatic heterocycles. The molecular formula is C13H16N2O5.